The quantitative estimate of drug-likeness (QED) is 0.685. The van der Waals surface area contributed by atoms with Crippen LogP contribution in [0.1, 0.15) is 12.1 Å². The van der Waals surface area contributed by atoms with Crippen molar-refractivity contribution >= 4 is 21.1 Å². The van der Waals surface area contributed by atoms with Crippen molar-refractivity contribution in [1.82, 2.24) is 14.3 Å². The summed E-state index contributed by atoms with van der Waals surface area (Å²) < 4.78 is 28.6. The smallest absolute Gasteiger partial charge is 0.272 e. The first-order valence-corrected chi connectivity index (χ1v) is 9.48. The van der Waals surface area contributed by atoms with Crippen molar-refractivity contribution in [3.05, 3.63) is 70.6 Å². The van der Waals surface area contributed by atoms with Crippen LogP contribution in [0.5, 0.6) is 0 Å². The van der Waals surface area contributed by atoms with Gasteiger partial charge in [-0.2, -0.15) is 0 Å². The molecule has 0 bridgehead atoms. The van der Waals surface area contributed by atoms with Gasteiger partial charge in [-0.1, -0.05) is 30.3 Å². The molecule has 2 aromatic carbocycles. The Balaban J connectivity index is 1.72. The van der Waals surface area contributed by atoms with Crippen molar-refractivity contribution in [3.63, 3.8) is 0 Å². The average Bonchev–Trinajstić information content (AvgIpc) is 2.62. The van der Waals surface area contributed by atoms with Crippen LogP contribution >= 0.6 is 0 Å². The van der Waals surface area contributed by atoms with Crippen LogP contribution in [0, 0.1) is 6.92 Å². The number of hydrogen-bond acceptors (Lipinski definition) is 4. The molecule has 3 rings (SSSR count). The van der Waals surface area contributed by atoms with E-state index < -0.39 is 10.0 Å². The number of sulfonamides is 1. The highest BCUT2D eigenvalue weighted by Gasteiger charge is 2.13. The SMILES string of the molecule is Cc1nc2ccccc2n(CCCNS(=O)(=O)c2ccccc2)c1=O. The van der Waals surface area contributed by atoms with E-state index in [1.54, 1.807) is 41.8 Å². The summed E-state index contributed by atoms with van der Waals surface area (Å²) in [6.45, 7) is 2.35. The molecule has 3 aromatic rings. The van der Waals surface area contributed by atoms with Gasteiger partial charge >= 0.3 is 0 Å². The molecule has 130 valence electrons. The molecule has 0 aliphatic rings. The van der Waals surface area contributed by atoms with Gasteiger partial charge in [0.05, 0.1) is 15.9 Å². The molecule has 0 aliphatic heterocycles. The van der Waals surface area contributed by atoms with Crippen LogP contribution in [0.25, 0.3) is 11.0 Å². The molecule has 0 aliphatic carbocycles. The number of nitrogens with one attached hydrogen (secondary N) is 1. The number of rotatable bonds is 6. The second kappa shape index (κ2) is 7.16. The minimum Gasteiger partial charge on any atom is -0.305 e. The molecule has 25 heavy (non-hydrogen) atoms. The number of aromatic nitrogens is 2. The predicted molar refractivity (Wildman–Crippen MR) is 97.0 cm³/mol. The largest absolute Gasteiger partial charge is 0.305 e. The van der Waals surface area contributed by atoms with E-state index in [0.29, 0.717) is 18.7 Å². The van der Waals surface area contributed by atoms with Gasteiger partial charge in [0.25, 0.3) is 5.56 Å². The maximum absolute atomic E-state index is 12.4. The summed E-state index contributed by atoms with van der Waals surface area (Å²) in [5, 5.41) is 0. The minimum absolute atomic E-state index is 0.149. The van der Waals surface area contributed by atoms with E-state index in [-0.39, 0.29) is 17.0 Å². The number of hydrogen-bond donors (Lipinski definition) is 1. The normalized spacial score (nSPS) is 11.7. The molecule has 6 nitrogen and oxygen atoms in total. The molecule has 0 unspecified atom stereocenters. The van der Waals surface area contributed by atoms with E-state index in [0.717, 1.165) is 11.0 Å². The maximum Gasteiger partial charge on any atom is 0.272 e. The van der Waals surface area contributed by atoms with Crippen molar-refractivity contribution in [2.24, 2.45) is 0 Å². The fraction of sp³-hybridized carbons (Fsp3) is 0.222. The summed E-state index contributed by atoms with van der Waals surface area (Å²) in [6.07, 6.45) is 0.499. The van der Waals surface area contributed by atoms with Gasteiger partial charge in [0.1, 0.15) is 5.69 Å². The van der Waals surface area contributed by atoms with Crippen molar-refractivity contribution < 1.29 is 8.42 Å². The number of nitrogens with zero attached hydrogens (tertiary/aromatic N) is 2. The van der Waals surface area contributed by atoms with Crippen molar-refractivity contribution in [1.29, 1.82) is 0 Å². The Labute approximate surface area is 146 Å². The van der Waals surface area contributed by atoms with E-state index in [1.807, 2.05) is 24.3 Å². The molecule has 0 saturated carbocycles. The Hall–Kier alpha value is -2.51. The molecule has 0 saturated heterocycles. The van der Waals surface area contributed by atoms with Gasteiger partial charge in [-0.05, 0) is 37.6 Å². The Bertz CT molecular complexity index is 1040. The van der Waals surface area contributed by atoms with Gasteiger partial charge in [-0.25, -0.2) is 18.1 Å². The Kier molecular flexibility index (Phi) is 4.96. The molecule has 7 heteroatoms. The van der Waals surface area contributed by atoms with Gasteiger partial charge in [0.2, 0.25) is 10.0 Å². The fourth-order valence-corrected chi connectivity index (χ4v) is 3.76. The lowest BCUT2D eigenvalue weighted by molar-refractivity contribution is 0.569. The van der Waals surface area contributed by atoms with E-state index in [9.17, 15) is 13.2 Å². The fourth-order valence-electron chi connectivity index (χ4n) is 2.67. The van der Waals surface area contributed by atoms with Gasteiger partial charge in [0.15, 0.2) is 0 Å². The number of aryl methyl sites for hydroxylation is 2. The summed E-state index contributed by atoms with van der Waals surface area (Å²) in [5.74, 6) is 0. The van der Waals surface area contributed by atoms with Crippen LogP contribution < -0.4 is 10.3 Å². The van der Waals surface area contributed by atoms with Gasteiger partial charge in [-0.15, -0.1) is 0 Å². The monoisotopic (exact) mass is 357 g/mol. The lowest BCUT2D eigenvalue weighted by atomic mass is 10.2. The second-order valence-electron chi connectivity index (χ2n) is 5.71. The first-order valence-electron chi connectivity index (χ1n) is 8.00. The van der Waals surface area contributed by atoms with E-state index in [1.165, 1.54) is 0 Å². The standard InChI is InChI=1S/C18H19N3O3S/c1-14-18(22)21(17-11-6-5-10-16(17)20-14)13-7-12-19-25(23,24)15-8-3-2-4-9-15/h2-6,8-11,19H,7,12-13H2,1H3. The molecular weight excluding hydrogens is 338 g/mol. The topological polar surface area (TPSA) is 81.1 Å². The van der Waals surface area contributed by atoms with Gasteiger partial charge in [0, 0.05) is 13.1 Å². The van der Waals surface area contributed by atoms with Crippen LogP contribution in [-0.4, -0.2) is 24.5 Å². The first-order chi connectivity index (χ1) is 12.0. The molecule has 0 radical (unpaired) electrons. The van der Waals surface area contributed by atoms with Crippen LogP contribution in [0.2, 0.25) is 0 Å². The van der Waals surface area contributed by atoms with E-state index in [4.69, 9.17) is 0 Å². The molecule has 1 aromatic heterocycles. The molecule has 0 fully saturated rings. The summed E-state index contributed by atoms with van der Waals surface area (Å²) in [4.78, 5) is 16.9. The molecule has 1 N–H and O–H groups in total. The van der Waals surface area contributed by atoms with Gasteiger partial charge < -0.3 is 4.57 Å². The summed E-state index contributed by atoms with van der Waals surface area (Å²) in [7, 11) is -3.53. The zero-order valence-electron chi connectivity index (χ0n) is 13.8. The lowest BCUT2D eigenvalue weighted by Gasteiger charge is -2.11. The Morgan fingerprint density at radius 2 is 1.72 bits per heavy atom. The molecular formula is C18H19N3O3S. The highest BCUT2D eigenvalue weighted by Crippen LogP contribution is 2.10. The van der Waals surface area contributed by atoms with Gasteiger partial charge in [-0.3, -0.25) is 4.79 Å². The minimum atomic E-state index is -3.53. The predicted octanol–water partition coefficient (Wildman–Crippen LogP) is 2.07. The molecule has 0 amide bonds. The second-order valence-corrected chi connectivity index (χ2v) is 7.47. The Morgan fingerprint density at radius 3 is 2.48 bits per heavy atom. The zero-order valence-corrected chi connectivity index (χ0v) is 14.7. The molecule has 0 atom stereocenters. The van der Waals surface area contributed by atoms with Crippen molar-refractivity contribution in [2.45, 2.75) is 24.8 Å². The van der Waals surface area contributed by atoms with Crippen LogP contribution in [0.15, 0.2) is 64.3 Å². The van der Waals surface area contributed by atoms with E-state index >= 15 is 0 Å². The third kappa shape index (κ3) is 3.78. The Morgan fingerprint density at radius 1 is 1.04 bits per heavy atom. The van der Waals surface area contributed by atoms with Crippen LogP contribution in [0.4, 0.5) is 0 Å². The summed E-state index contributed by atoms with van der Waals surface area (Å²) in [5.41, 5.74) is 1.79. The highest BCUT2D eigenvalue weighted by atomic mass is 32.2. The number of para-hydroxylation sites is 2. The van der Waals surface area contributed by atoms with E-state index in [2.05, 4.69) is 9.71 Å². The number of benzene rings is 2. The first kappa shape index (κ1) is 17.3. The molecule has 1 heterocycles. The number of fused-ring (bicyclic) bond motifs is 1. The third-order valence-corrected chi connectivity index (χ3v) is 5.40. The van der Waals surface area contributed by atoms with Crippen LogP contribution in [-0.2, 0) is 16.6 Å². The average molecular weight is 357 g/mol. The summed E-state index contributed by atoms with van der Waals surface area (Å²) >= 11 is 0. The zero-order chi connectivity index (χ0) is 17.9. The summed E-state index contributed by atoms with van der Waals surface area (Å²) in [6, 6.07) is 15.7. The highest BCUT2D eigenvalue weighted by molar-refractivity contribution is 7.89. The lowest BCUT2D eigenvalue weighted by Crippen LogP contribution is -2.28. The van der Waals surface area contributed by atoms with Crippen molar-refractivity contribution in [3.8, 4) is 0 Å². The van der Waals surface area contributed by atoms with Crippen molar-refractivity contribution in [2.75, 3.05) is 6.54 Å². The molecule has 0 spiro atoms. The van der Waals surface area contributed by atoms with Crippen LogP contribution in [0.3, 0.4) is 0 Å². The maximum atomic E-state index is 12.4. The third-order valence-electron chi connectivity index (χ3n) is 3.92.